The van der Waals surface area contributed by atoms with Crippen LogP contribution < -0.4 is 22.1 Å². The normalized spacial score (nSPS) is 22.3. The molecular formula is C22H31N7O2. The maximum Gasteiger partial charge on any atom is 0.354 e. The molecule has 166 valence electrons. The van der Waals surface area contributed by atoms with E-state index in [1.54, 1.807) is 17.2 Å². The molecule has 9 nitrogen and oxygen atoms in total. The fourth-order valence-electron chi connectivity index (χ4n) is 4.26. The molecule has 0 spiro atoms. The number of carbonyl (C=O) groups is 1. The summed E-state index contributed by atoms with van der Waals surface area (Å²) in [7, 11) is 0. The molecule has 1 atom stereocenters. The number of nitrogens with zero attached hydrogens (tertiary/aromatic N) is 4. The summed E-state index contributed by atoms with van der Waals surface area (Å²) in [5, 5.41) is 5.91. The number of piperidine rings is 1. The van der Waals surface area contributed by atoms with Crippen molar-refractivity contribution in [2.24, 2.45) is 5.73 Å². The molecule has 2 aliphatic heterocycles. The van der Waals surface area contributed by atoms with E-state index in [-0.39, 0.29) is 17.4 Å². The summed E-state index contributed by atoms with van der Waals surface area (Å²) in [6, 6.07) is 9.31. The second kappa shape index (κ2) is 9.17. The quantitative estimate of drug-likeness (QED) is 0.674. The summed E-state index contributed by atoms with van der Waals surface area (Å²) in [6.07, 6.45) is 3.82. The third-order valence-corrected chi connectivity index (χ3v) is 5.87. The fraction of sp³-hybridized carbons (Fsp3) is 0.500. The summed E-state index contributed by atoms with van der Waals surface area (Å²) in [5.41, 5.74) is 7.67. The van der Waals surface area contributed by atoms with Crippen molar-refractivity contribution in [1.82, 2.24) is 24.7 Å². The fourth-order valence-corrected chi connectivity index (χ4v) is 4.26. The molecule has 2 aromatic rings. The van der Waals surface area contributed by atoms with Gasteiger partial charge in [-0.05, 0) is 50.1 Å². The van der Waals surface area contributed by atoms with E-state index in [0.29, 0.717) is 13.1 Å². The Morgan fingerprint density at radius 3 is 2.61 bits per heavy atom. The molecule has 0 bridgehead atoms. The largest absolute Gasteiger partial charge is 0.354 e. The van der Waals surface area contributed by atoms with Crippen LogP contribution in [0.15, 0.2) is 41.3 Å². The van der Waals surface area contributed by atoms with E-state index in [2.05, 4.69) is 27.4 Å². The maximum atomic E-state index is 12.5. The van der Waals surface area contributed by atoms with Gasteiger partial charge in [-0.3, -0.25) is 14.8 Å². The molecule has 4 rings (SSSR count). The number of nitrogens with two attached hydrogens (primary N) is 1. The molecule has 0 saturated carbocycles. The van der Waals surface area contributed by atoms with Crippen molar-refractivity contribution < 1.29 is 4.79 Å². The van der Waals surface area contributed by atoms with E-state index in [1.807, 2.05) is 24.3 Å². The molecule has 2 aliphatic rings. The van der Waals surface area contributed by atoms with Gasteiger partial charge in [0.15, 0.2) is 0 Å². The number of aromatic nitrogens is 2. The zero-order chi connectivity index (χ0) is 21.8. The summed E-state index contributed by atoms with van der Waals surface area (Å²) in [4.78, 5) is 32.9. The standard InChI is InChI=1S/C22H31N7O2/c1-22(23)8-2-11-27(16-22)15-17-3-5-18(6-4-17)29-12-7-19(26-21(29)31)25-20(30)28-13-9-24-10-14-28/h3-7,12,24H,2,8-11,13-16,23H2,1H3,(H,25,26,30,31). The Morgan fingerprint density at radius 1 is 1.19 bits per heavy atom. The van der Waals surface area contributed by atoms with Crippen LogP contribution in [0.1, 0.15) is 25.3 Å². The number of hydrogen-bond acceptors (Lipinski definition) is 6. The highest BCUT2D eigenvalue weighted by Crippen LogP contribution is 2.20. The average molecular weight is 426 g/mol. The van der Waals surface area contributed by atoms with Crippen LogP contribution in [0.4, 0.5) is 10.6 Å². The second-order valence-corrected chi connectivity index (χ2v) is 8.77. The van der Waals surface area contributed by atoms with Crippen molar-refractivity contribution >= 4 is 11.8 Å². The smallest absolute Gasteiger partial charge is 0.324 e. The number of piperazine rings is 1. The Labute approximate surface area is 182 Å². The number of likely N-dealkylation sites (tertiary alicyclic amines) is 1. The molecule has 3 heterocycles. The predicted molar refractivity (Wildman–Crippen MR) is 120 cm³/mol. The molecule has 9 heteroatoms. The molecule has 2 amide bonds. The van der Waals surface area contributed by atoms with Gasteiger partial charge in [-0.15, -0.1) is 0 Å². The van der Waals surface area contributed by atoms with E-state index in [9.17, 15) is 9.59 Å². The van der Waals surface area contributed by atoms with Crippen LogP contribution in [-0.4, -0.2) is 70.2 Å². The Balaban J connectivity index is 1.40. The van der Waals surface area contributed by atoms with Gasteiger partial charge in [0.1, 0.15) is 5.82 Å². The van der Waals surface area contributed by atoms with E-state index in [0.717, 1.165) is 51.3 Å². The molecule has 31 heavy (non-hydrogen) atoms. The van der Waals surface area contributed by atoms with Crippen LogP contribution in [-0.2, 0) is 6.54 Å². The highest BCUT2D eigenvalue weighted by atomic mass is 16.2. The maximum absolute atomic E-state index is 12.5. The number of carbonyl (C=O) groups excluding carboxylic acids is 1. The van der Waals surface area contributed by atoms with Crippen LogP contribution >= 0.6 is 0 Å². The first-order chi connectivity index (χ1) is 14.9. The topological polar surface area (TPSA) is 109 Å². The lowest BCUT2D eigenvalue weighted by molar-refractivity contribution is 0.153. The Morgan fingerprint density at radius 2 is 1.94 bits per heavy atom. The minimum atomic E-state index is -0.430. The van der Waals surface area contributed by atoms with Gasteiger partial charge < -0.3 is 16.0 Å². The Hall–Kier alpha value is -2.75. The van der Waals surface area contributed by atoms with Crippen LogP contribution in [0, 0.1) is 0 Å². The highest BCUT2D eigenvalue weighted by Gasteiger charge is 2.26. The van der Waals surface area contributed by atoms with Gasteiger partial charge in [0, 0.05) is 51.0 Å². The molecule has 1 aromatic heterocycles. The molecule has 0 radical (unpaired) electrons. The first kappa shape index (κ1) is 21.5. The van der Waals surface area contributed by atoms with Crippen molar-refractivity contribution in [1.29, 1.82) is 0 Å². The molecule has 2 saturated heterocycles. The second-order valence-electron chi connectivity index (χ2n) is 8.77. The van der Waals surface area contributed by atoms with Crippen LogP contribution in [0.25, 0.3) is 5.69 Å². The van der Waals surface area contributed by atoms with Crippen LogP contribution in [0.3, 0.4) is 0 Å². The lowest BCUT2D eigenvalue weighted by atomic mass is 9.92. The summed E-state index contributed by atoms with van der Waals surface area (Å²) in [5.74, 6) is 0.260. The average Bonchev–Trinajstić information content (AvgIpc) is 2.74. The first-order valence-corrected chi connectivity index (χ1v) is 10.9. The van der Waals surface area contributed by atoms with Crippen LogP contribution in [0.2, 0.25) is 0 Å². The molecule has 1 unspecified atom stereocenters. The van der Waals surface area contributed by atoms with Gasteiger partial charge >= 0.3 is 11.7 Å². The number of amides is 2. The number of hydrogen-bond donors (Lipinski definition) is 3. The zero-order valence-corrected chi connectivity index (χ0v) is 18.0. The molecule has 4 N–H and O–H groups in total. The minimum absolute atomic E-state index is 0.126. The molecule has 0 aliphatic carbocycles. The minimum Gasteiger partial charge on any atom is -0.324 e. The van der Waals surface area contributed by atoms with Crippen molar-refractivity contribution in [3.63, 3.8) is 0 Å². The van der Waals surface area contributed by atoms with Gasteiger partial charge in [-0.2, -0.15) is 4.98 Å². The lowest BCUT2D eigenvalue weighted by Gasteiger charge is -2.37. The van der Waals surface area contributed by atoms with E-state index >= 15 is 0 Å². The molecular weight excluding hydrogens is 394 g/mol. The lowest BCUT2D eigenvalue weighted by Crippen LogP contribution is -2.51. The van der Waals surface area contributed by atoms with E-state index in [1.165, 1.54) is 10.1 Å². The van der Waals surface area contributed by atoms with E-state index < -0.39 is 5.69 Å². The van der Waals surface area contributed by atoms with Crippen molar-refractivity contribution in [2.45, 2.75) is 31.8 Å². The number of nitrogens with one attached hydrogen (secondary N) is 2. The number of urea groups is 1. The summed E-state index contributed by atoms with van der Waals surface area (Å²) < 4.78 is 1.47. The first-order valence-electron chi connectivity index (χ1n) is 10.9. The number of anilines is 1. The van der Waals surface area contributed by atoms with Gasteiger partial charge in [-0.25, -0.2) is 9.59 Å². The van der Waals surface area contributed by atoms with E-state index in [4.69, 9.17) is 5.73 Å². The number of rotatable bonds is 4. The predicted octanol–water partition coefficient (Wildman–Crippen LogP) is 0.983. The van der Waals surface area contributed by atoms with Crippen LogP contribution in [0.5, 0.6) is 0 Å². The third kappa shape index (κ3) is 5.49. The molecule has 1 aromatic carbocycles. The highest BCUT2D eigenvalue weighted by molar-refractivity contribution is 5.88. The van der Waals surface area contributed by atoms with Crippen molar-refractivity contribution in [3.05, 3.63) is 52.6 Å². The van der Waals surface area contributed by atoms with Gasteiger partial charge in [0.2, 0.25) is 0 Å². The molecule has 2 fully saturated rings. The van der Waals surface area contributed by atoms with Gasteiger partial charge in [-0.1, -0.05) is 12.1 Å². The van der Waals surface area contributed by atoms with Crippen molar-refractivity contribution in [3.8, 4) is 5.69 Å². The SMILES string of the molecule is CC1(N)CCCN(Cc2ccc(-n3ccc(NC(=O)N4CCNCC4)nc3=O)cc2)C1. The zero-order valence-electron chi connectivity index (χ0n) is 18.0. The third-order valence-electron chi connectivity index (χ3n) is 5.87. The summed E-state index contributed by atoms with van der Waals surface area (Å²) in [6.45, 7) is 7.70. The Bertz CT molecular complexity index is 965. The Kier molecular flexibility index (Phi) is 6.35. The van der Waals surface area contributed by atoms with Gasteiger partial charge in [0.05, 0.1) is 5.69 Å². The monoisotopic (exact) mass is 425 g/mol. The van der Waals surface area contributed by atoms with Crippen molar-refractivity contribution in [2.75, 3.05) is 44.6 Å². The van der Waals surface area contributed by atoms with Gasteiger partial charge in [0.25, 0.3) is 0 Å². The number of benzene rings is 1. The summed E-state index contributed by atoms with van der Waals surface area (Å²) >= 11 is 0.